The number of hydrogen-bond donors (Lipinski definition) is 3. The van der Waals surface area contributed by atoms with Crippen molar-refractivity contribution >= 4 is 6.03 Å². The molecule has 4 nitrogen and oxygen atoms in total. The molecule has 1 aliphatic carbocycles. The summed E-state index contributed by atoms with van der Waals surface area (Å²) in [7, 11) is 0. The monoisotopic (exact) mass is 228 g/mol. The molecule has 1 unspecified atom stereocenters. The average molecular weight is 228 g/mol. The minimum atomic E-state index is -0.840. The van der Waals surface area contributed by atoms with Crippen molar-refractivity contribution in [1.82, 2.24) is 10.6 Å². The summed E-state index contributed by atoms with van der Waals surface area (Å²) in [6.07, 6.45) is 4.56. The van der Waals surface area contributed by atoms with Gasteiger partial charge < -0.3 is 15.7 Å². The summed E-state index contributed by atoms with van der Waals surface area (Å²) in [5.41, 5.74) is -0.840. The van der Waals surface area contributed by atoms with Crippen molar-refractivity contribution in [2.24, 2.45) is 5.92 Å². The third kappa shape index (κ3) is 4.00. The average Bonchev–Trinajstić information content (AvgIpc) is 2.67. The Bertz CT molecular complexity index is 233. The predicted octanol–water partition coefficient (Wildman–Crippen LogP) is 1.64. The van der Waals surface area contributed by atoms with E-state index in [1.807, 2.05) is 13.8 Å². The molecule has 0 saturated heterocycles. The molecule has 0 radical (unpaired) electrons. The van der Waals surface area contributed by atoms with E-state index in [1.165, 1.54) is 12.8 Å². The number of carbonyl (C=O) groups excluding carboxylic acids is 1. The minimum Gasteiger partial charge on any atom is -0.388 e. The van der Waals surface area contributed by atoms with Crippen molar-refractivity contribution in [3.8, 4) is 0 Å². The molecule has 3 N–H and O–H groups in total. The number of hydrogen-bond acceptors (Lipinski definition) is 2. The molecule has 1 fully saturated rings. The van der Waals surface area contributed by atoms with Gasteiger partial charge in [-0.2, -0.15) is 0 Å². The van der Waals surface area contributed by atoms with E-state index in [9.17, 15) is 9.90 Å². The molecule has 0 aromatic heterocycles. The van der Waals surface area contributed by atoms with Gasteiger partial charge >= 0.3 is 6.03 Å². The lowest BCUT2D eigenvalue weighted by Gasteiger charge is -2.28. The van der Waals surface area contributed by atoms with Crippen molar-refractivity contribution in [1.29, 1.82) is 0 Å². The first kappa shape index (κ1) is 13.3. The van der Waals surface area contributed by atoms with Crippen LogP contribution in [0.2, 0.25) is 0 Å². The van der Waals surface area contributed by atoms with Crippen molar-refractivity contribution in [3.63, 3.8) is 0 Å². The smallest absolute Gasteiger partial charge is 0.315 e. The molecule has 4 heteroatoms. The summed E-state index contributed by atoms with van der Waals surface area (Å²) in [6.45, 7) is 5.92. The molecule has 0 heterocycles. The lowest BCUT2D eigenvalue weighted by atomic mass is 9.93. The van der Waals surface area contributed by atoms with E-state index in [4.69, 9.17) is 0 Å². The van der Waals surface area contributed by atoms with E-state index in [0.717, 1.165) is 12.8 Å². The summed E-state index contributed by atoms with van der Waals surface area (Å²) in [5.74, 6) is 0.124. The van der Waals surface area contributed by atoms with Crippen LogP contribution in [0.4, 0.5) is 4.79 Å². The quantitative estimate of drug-likeness (QED) is 0.685. The highest BCUT2D eigenvalue weighted by molar-refractivity contribution is 5.74. The molecule has 94 valence electrons. The standard InChI is InChI=1S/C12H24N2O2/c1-9(2)12(3,16)8-13-11(15)14-10-6-4-5-7-10/h9-10,16H,4-8H2,1-3H3,(H2,13,14,15). The zero-order valence-corrected chi connectivity index (χ0v) is 10.5. The molecule has 0 spiro atoms. The Morgan fingerprint density at radius 3 is 2.50 bits per heavy atom. The fraction of sp³-hybridized carbons (Fsp3) is 0.917. The van der Waals surface area contributed by atoms with Gasteiger partial charge in [-0.3, -0.25) is 0 Å². The molecule has 2 amide bonds. The van der Waals surface area contributed by atoms with Gasteiger partial charge in [-0.25, -0.2) is 4.79 Å². The first-order valence-corrected chi connectivity index (χ1v) is 6.18. The Morgan fingerprint density at radius 1 is 1.44 bits per heavy atom. The molecule has 0 aromatic carbocycles. The largest absolute Gasteiger partial charge is 0.388 e. The lowest BCUT2D eigenvalue weighted by molar-refractivity contribution is 0.0165. The molecule has 0 aliphatic heterocycles. The number of urea groups is 1. The molecular formula is C12H24N2O2. The first-order valence-electron chi connectivity index (χ1n) is 6.18. The van der Waals surface area contributed by atoms with Gasteiger partial charge in [-0.1, -0.05) is 26.7 Å². The van der Waals surface area contributed by atoms with Crippen LogP contribution < -0.4 is 10.6 Å². The second kappa shape index (κ2) is 5.53. The molecule has 1 rings (SSSR count). The number of carbonyl (C=O) groups is 1. The molecule has 1 atom stereocenters. The third-order valence-electron chi connectivity index (χ3n) is 3.54. The summed E-state index contributed by atoms with van der Waals surface area (Å²) in [5, 5.41) is 15.6. The highest BCUT2D eigenvalue weighted by Crippen LogP contribution is 2.17. The zero-order chi connectivity index (χ0) is 12.2. The molecule has 16 heavy (non-hydrogen) atoms. The van der Waals surface area contributed by atoms with Crippen LogP contribution in [-0.4, -0.2) is 29.3 Å². The topological polar surface area (TPSA) is 61.4 Å². The van der Waals surface area contributed by atoms with Crippen LogP contribution in [-0.2, 0) is 0 Å². The second-order valence-electron chi connectivity index (χ2n) is 5.32. The van der Waals surface area contributed by atoms with Gasteiger partial charge in [0.05, 0.1) is 5.60 Å². The molecular weight excluding hydrogens is 204 g/mol. The van der Waals surface area contributed by atoms with Crippen LogP contribution in [0, 0.1) is 5.92 Å². The number of rotatable bonds is 4. The van der Waals surface area contributed by atoms with E-state index < -0.39 is 5.60 Å². The van der Waals surface area contributed by atoms with Crippen molar-refractivity contribution < 1.29 is 9.90 Å². The predicted molar refractivity (Wildman–Crippen MR) is 64.3 cm³/mol. The Labute approximate surface area is 97.8 Å². The van der Waals surface area contributed by atoms with E-state index >= 15 is 0 Å². The SMILES string of the molecule is CC(C)C(C)(O)CNC(=O)NC1CCCC1. The number of nitrogens with one attached hydrogen (secondary N) is 2. The van der Waals surface area contributed by atoms with Crippen LogP contribution in [0.1, 0.15) is 46.5 Å². The maximum atomic E-state index is 11.5. The summed E-state index contributed by atoms with van der Waals surface area (Å²) in [4.78, 5) is 11.5. The highest BCUT2D eigenvalue weighted by Gasteiger charge is 2.26. The number of aliphatic hydroxyl groups is 1. The maximum Gasteiger partial charge on any atom is 0.315 e. The van der Waals surface area contributed by atoms with Crippen LogP contribution in [0.15, 0.2) is 0 Å². The fourth-order valence-electron chi connectivity index (χ4n) is 1.77. The van der Waals surface area contributed by atoms with Gasteiger partial charge in [0.15, 0.2) is 0 Å². The normalized spacial score (nSPS) is 20.8. The highest BCUT2D eigenvalue weighted by atomic mass is 16.3. The number of amides is 2. The van der Waals surface area contributed by atoms with Gasteiger partial charge in [0.2, 0.25) is 0 Å². The van der Waals surface area contributed by atoms with Crippen molar-refractivity contribution in [2.45, 2.75) is 58.1 Å². The Kier molecular flexibility index (Phi) is 4.59. The Balaban J connectivity index is 2.24. The van der Waals surface area contributed by atoms with Gasteiger partial charge in [0, 0.05) is 12.6 Å². The van der Waals surface area contributed by atoms with E-state index in [0.29, 0.717) is 12.6 Å². The van der Waals surface area contributed by atoms with Crippen molar-refractivity contribution in [3.05, 3.63) is 0 Å². The van der Waals surface area contributed by atoms with E-state index in [2.05, 4.69) is 10.6 Å². The minimum absolute atomic E-state index is 0.124. The summed E-state index contributed by atoms with van der Waals surface area (Å²) < 4.78 is 0. The maximum absolute atomic E-state index is 11.5. The molecule has 1 saturated carbocycles. The first-order chi connectivity index (χ1) is 7.42. The Morgan fingerprint density at radius 2 is 2.00 bits per heavy atom. The summed E-state index contributed by atoms with van der Waals surface area (Å²) in [6, 6.07) is 0.164. The fourth-order valence-corrected chi connectivity index (χ4v) is 1.77. The lowest BCUT2D eigenvalue weighted by Crippen LogP contribution is -2.49. The molecule has 1 aliphatic rings. The Hall–Kier alpha value is -0.770. The third-order valence-corrected chi connectivity index (χ3v) is 3.54. The second-order valence-corrected chi connectivity index (χ2v) is 5.32. The molecule has 0 aromatic rings. The van der Waals surface area contributed by atoms with Crippen LogP contribution in [0.5, 0.6) is 0 Å². The van der Waals surface area contributed by atoms with E-state index in [1.54, 1.807) is 6.92 Å². The molecule has 0 bridgehead atoms. The zero-order valence-electron chi connectivity index (χ0n) is 10.5. The van der Waals surface area contributed by atoms with Gasteiger partial charge in [-0.15, -0.1) is 0 Å². The van der Waals surface area contributed by atoms with Crippen LogP contribution >= 0.6 is 0 Å². The van der Waals surface area contributed by atoms with E-state index in [-0.39, 0.29) is 11.9 Å². The van der Waals surface area contributed by atoms with Crippen LogP contribution in [0.25, 0.3) is 0 Å². The van der Waals surface area contributed by atoms with Gasteiger partial charge in [-0.05, 0) is 25.7 Å². The van der Waals surface area contributed by atoms with Crippen molar-refractivity contribution in [2.75, 3.05) is 6.54 Å². The van der Waals surface area contributed by atoms with Crippen LogP contribution in [0.3, 0.4) is 0 Å². The summed E-state index contributed by atoms with van der Waals surface area (Å²) >= 11 is 0. The van der Waals surface area contributed by atoms with Gasteiger partial charge in [0.1, 0.15) is 0 Å². The van der Waals surface area contributed by atoms with Gasteiger partial charge in [0.25, 0.3) is 0 Å².